The highest BCUT2D eigenvalue weighted by Gasteiger charge is 2.23. The van der Waals surface area contributed by atoms with Crippen LogP contribution in [-0.2, 0) is 0 Å². The van der Waals surface area contributed by atoms with E-state index in [9.17, 15) is 0 Å². The van der Waals surface area contributed by atoms with E-state index in [4.69, 9.17) is 4.42 Å². The Balaban J connectivity index is 1.35. The van der Waals surface area contributed by atoms with Crippen LogP contribution in [0.15, 0.2) is 108 Å². The Hall–Kier alpha value is -4.04. The summed E-state index contributed by atoms with van der Waals surface area (Å²) in [5, 5.41) is 8.66. The molecule has 5 aromatic carbocycles. The standard InChI is InChI=1S/C34H29NO/c1-3-10-23(11-4-1)24-18-20-27(21-19-24)35-31-17-9-16-29-32-28-15-8-7-14-26(28)22-30(34(32)36-33(29)31)25-12-5-2-6-13-25/h1,3-4,7-11,14-22,25,35H,2,5-6,12-13H2. The van der Waals surface area contributed by atoms with E-state index in [-0.39, 0.29) is 0 Å². The summed E-state index contributed by atoms with van der Waals surface area (Å²) in [6.07, 6.45) is 6.48. The summed E-state index contributed by atoms with van der Waals surface area (Å²) in [7, 11) is 0. The summed E-state index contributed by atoms with van der Waals surface area (Å²) >= 11 is 0. The van der Waals surface area contributed by atoms with E-state index in [2.05, 4.69) is 108 Å². The number of hydrogen-bond acceptors (Lipinski definition) is 2. The first-order valence-corrected chi connectivity index (χ1v) is 13.1. The van der Waals surface area contributed by atoms with Gasteiger partial charge in [0, 0.05) is 16.5 Å². The minimum Gasteiger partial charge on any atom is -0.454 e. The Kier molecular flexibility index (Phi) is 5.24. The molecule has 0 bridgehead atoms. The van der Waals surface area contributed by atoms with E-state index in [0.717, 1.165) is 22.5 Å². The summed E-state index contributed by atoms with van der Waals surface area (Å²) in [5.41, 5.74) is 7.90. The second-order valence-electron chi connectivity index (χ2n) is 10.1. The van der Waals surface area contributed by atoms with Crippen molar-refractivity contribution in [3.63, 3.8) is 0 Å². The molecule has 1 saturated carbocycles. The fourth-order valence-corrected chi connectivity index (χ4v) is 6.02. The lowest BCUT2D eigenvalue weighted by molar-refractivity contribution is 0.442. The Morgan fingerprint density at radius 1 is 0.611 bits per heavy atom. The molecule has 2 nitrogen and oxygen atoms in total. The first kappa shape index (κ1) is 21.3. The zero-order valence-electron chi connectivity index (χ0n) is 20.3. The molecule has 6 aromatic rings. The van der Waals surface area contributed by atoms with E-state index in [1.165, 1.54) is 70.3 Å². The van der Waals surface area contributed by atoms with Crippen LogP contribution in [0, 0.1) is 0 Å². The Bertz CT molecular complexity index is 1670. The molecular formula is C34H29NO. The average molecular weight is 468 g/mol. The van der Waals surface area contributed by atoms with E-state index in [1.807, 2.05) is 0 Å². The average Bonchev–Trinajstić information content (AvgIpc) is 3.35. The molecule has 0 amide bonds. The maximum atomic E-state index is 6.78. The molecule has 1 aliphatic rings. The van der Waals surface area contributed by atoms with Crippen LogP contribution in [0.1, 0.15) is 43.6 Å². The van der Waals surface area contributed by atoms with Gasteiger partial charge in [0.1, 0.15) is 5.58 Å². The monoisotopic (exact) mass is 467 g/mol. The molecule has 2 heteroatoms. The fraction of sp³-hybridized carbons (Fsp3) is 0.176. The molecule has 176 valence electrons. The Morgan fingerprint density at radius 2 is 1.33 bits per heavy atom. The highest BCUT2D eigenvalue weighted by Crippen LogP contribution is 2.44. The number of anilines is 2. The van der Waals surface area contributed by atoms with Gasteiger partial charge in [-0.3, -0.25) is 0 Å². The van der Waals surface area contributed by atoms with Crippen LogP contribution < -0.4 is 5.32 Å². The third kappa shape index (κ3) is 3.65. The molecule has 1 aliphatic carbocycles. The summed E-state index contributed by atoms with van der Waals surface area (Å²) in [5.74, 6) is 0.577. The maximum absolute atomic E-state index is 6.78. The van der Waals surface area contributed by atoms with Crippen LogP contribution in [0.25, 0.3) is 43.8 Å². The second kappa shape index (κ2) is 8.87. The van der Waals surface area contributed by atoms with Crippen LogP contribution in [0.4, 0.5) is 11.4 Å². The van der Waals surface area contributed by atoms with E-state index in [0.29, 0.717) is 5.92 Å². The minimum atomic E-state index is 0.577. The van der Waals surface area contributed by atoms with Crippen molar-refractivity contribution in [3.05, 3.63) is 109 Å². The highest BCUT2D eigenvalue weighted by atomic mass is 16.3. The van der Waals surface area contributed by atoms with Crippen molar-refractivity contribution >= 4 is 44.1 Å². The first-order chi connectivity index (χ1) is 17.8. The number of nitrogens with one attached hydrogen (secondary N) is 1. The highest BCUT2D eigenvalue weighted by molar-refractivity contribution is 6.21. The van der Waals surface area contributed by atoms with Crippen LogP contribution in [0.5, 0.6) is 0 Å². The van der Waals surface area contributed by atoms with Gasteiger partial charge in [-0.15, -0.1) is 0 Å². The zero-order chi connectivity index (χ0) is 23.9. The number of rotatable bonds is 4. The molecule has 0 saturated heterocycles. The minimum absolute atomic E-state index is 0.577. The van der Waals surface area contributed by atoms with Crippen molar-refractivity contribution < 1.29 is 4.42 Å². The van der Waals surface area contributed by atoms with Gasteiger partial charge < -0.3 is 9.73 Å². The van der Waals surface area contributed by atoms with Crippen LogP contribution in [0.3, 0.4) is 0 Å². The van der Waals surface area contributed by atoms with Crippen molar-refractivity contribution in [1.29, 1.82) is 0 Å². The lowest BCUT2D eigenvalue weighted by atomic mass is 9.82. The molecule has 7 rings (SSSR count). The van der Waals surface area contributed by atoms with E-state index < -0.39 is 0 Å². The zero-order valence-corrected chi connectivity index (χ0v) is 20.3. The van der Waals surface area contributed by atoms with Crippen molar-refractivity contribution in [1.82, 2.24) is 0 Å². The number of hydrogen-bond donors (Lipinski definition) is 1. The van der Waals surface area contributed by atoms with Crippen molar-refractivity contribution in [2.24, 2.45) is 0 Å². The van der Waals surface area contributed by atoms with Gasteiger partial charge in [-0.25, -0.2) is 0 Å². The van der Waals surface area contributed by atoms with Crippen LogP contribution in [-0.4, -0.2) is 0 Å². The van der Waals surface area contributed by atoms with E-state index in [1.54, 1.807) is 0 Å². The SMILES string of the molecule is c1ccc(-c2ccc(Nc3cccc4c3oc3c(C5CCCCC5)cc5ccccc5c34)cc2)cc1. The van der Waals surface area contributed by atoms with Crippen molar-refractivity contribution in [2.45, 2.75) is 38.0 Å². The molecule has 1 aromatic heterocycles. The smallest absolute Gasteiger partial charge is 0.158 e. The van der Waals surface area contributed by atoms with Gasteiger partial charge in [0.05, 0.1) is 5.69 Å². The van der Waals surface area contributed by atoms with Gasteiger partial charge >= 0.3 is 0 Å². The normalized spacial score (nSPS) is 14.6. The van der Waals surface area contributed by atoms with Gasteiger partial charge in [0.15, 0.2) is 5.58 Å². The quantitative estimate of drug-likeness (QED) is 0.279. The van der Waals surface area contributed by atoms with Gasteiger partial charge in [0.2, 0.25) is 0 Å². The maximum Gasteiger partial charge on any atom is 0.158 e. The van der Waals surface area contributed by atoms with Gasteiger partial charge in [-0.1, -0.05) is 98.1 Å². The molecule has 1 heterocycles. The molecule has 0 aliphatic heterocycles. The first-order valence-electron chi connectivity index (χ1n) is 13.1. The molecule has 36 heavy (non-hydrogen) atoms. The van der Waals surface area contributed by atoms with Crippen LogP contribution >= 0.6 is 0 Å². The number of fused-ring (bicyclic) bond motifs is 5. The fourth-order valence-electron chi connectivity index (χ4n) is 6.02. The Labute approximate surface area is 211 Å². The third-order valence-corrected chi connectivity index (χ3v) is 7.83. The number of furan rings is 1. The lowest BCUT2D eigenvalue weighted by Gasteiger charge is -2.22. The summed E-state index contributed by atoms with van der Waals surface area (Å²) in [6, 6.07) is 36.8. The molecule has 0 atom stereocenters. The molecule has 0 radical (unpaired) electrons. The van der Waals surface area contributed by atoms with Gasteiger partial charge in [-0.05, 0) is 70.5 Å². The molecule has 0 spiro atoms. The second-order valence-corrected chi connectivity index (χ2v) is 10.1. The van der Waals surface area contributed by atoms with Gasteiger partial charge in [-0.2, -0.15) is 0 Å². The lowest BCUT2D eigenvalue weighted by Crippen LogP contribution is -2.04. The van der Waals surface area contributed by atoms with Crippen molar-refractivity contribution in [2.75, 3.05) is 5.32 Å². The summed E-state index contributed by atoms with van der Waals surface area (Å²) in [6.45, 7) is 0. The predicted octanol–water partition coefficient (Wildman–Crippen LogP) is 10.2. The molecule has 0 unspecified atom stereocenters. The van der Waals surface area contributed by atoms with Crippen LogP contribution in [0.2, 0.25) is 0 Å². The third-order valence-electron chi connectivity index (χ3n) is 7.83. The largest absolute Gasteiger partial charge is 0.454 e. The predicted molar refractivity (Wildman–Crippen MR) is 152 cm³/mol. The topological polar surface area (TPSA) is 25.2 Å². The van der Waals surface area contributed by atoms with Gasteiger partial charge in [0.25, 0.3) is 0 Å². The van der Waals surface area contributed by atoms with Crippen molar-refractivity contribution in [3.8, 4) is 11.1 Å². The summed E-state index contributed by atoms with van der Waals surface area (Å²) < 4.78 is 6.78. The Morgan fingerprint density at radius 3 is 2.17 bits per heavy atom. The number of para-hydroxylation sites is 1. The molecular weight excluding hydrogens is 438 g/mol. The number of benzene rings is 5. The summed E-state index contributed by atoms with van der Waals surface area (Å²) in [4.78, 5) is 0. The van der Waals surface area contributed by atoms with E-state index >= 15 is 0 Å². The molecule has 1 fully saturated rings. The molecule has 1 N–H and O–H groups in total.